The third-order valence-electron chi connectivity index (χ3n) is 5.27. The smallest absolute Gasteiger partial charge is 0.348 e. The van der Waals surface area contributed by atoms with Crippen LogP contribution < -0.4 is 9.47 Å². The fourth-order valence-corrected chi connectivity index (χ4v) is 3.64. The lowest BCUT2D eigenvalue weighted by molar-refractivity contribution is -0.162. The number of carboxylic acid groups (broad SMARTS) is 1. The number of allylic oxidation sites excluding steroid dienone is 2. The van der Waals surface area contributed by atoms with Crippen molar-refractivity contribution in [1.82, 2.24) is 4.90 Å². The van der Waals surface area contributed by atoms with Crippen LogP contribution in [0.15, 0.2) is 36.4 Å². The Kier molecular flexibility index (Phi) is 5.49. The van der Waals surface area contributed by atoms with Gasteiger partial charge in [0.25, 0.3) is 0 Å². The highest BCUT2D eigenvalue weighted by Gasteiger charge is 2.45. The summed E-state index contributed by atoms with van der Waals surface area (Å²) in [5, 5.41) is 9.81. The van der Waals surface area contributed by atoms with Gasteiger partial charge < -0.3 is 19.5 Å². The Bertz CT molecular complexity index is 691. The minimum atomic E-state index is -1.34. The largest absolute Gasteiger partial charge is 0.493 e. The van der Waals surface area contributed by atoms with Crippen LogP contribution in [0.4, 0.5) is 0 Å². The number of ether oxygens (including phenoxy) is 2. The van der Waals surface area contributed by atoms with Crippen molar-refractivity contribution in [2.45, 2.75) is 37.7 Å². The molecular formula is C20H25NO5. The molecule has 6 nitrogen and oxygen atoms in total. The van der Waals surface area contributed by atoms with Gasteiger partial charge in [-0.1, -0.05) is 24.3 Å². The average molecular weight is 359 g/mol. The zero-order chi connectivity index (χ0) is 18.6. The summed E-state index contributed by atoms with van der Waals surface area (Å²) < 4.78 is 11.2. The molecule has 6 heteroatoms. The molecule has 1 saturated heterocycles. The first-order valence-electron chi connectivity index (χ1n) is 9.05. The maximum absolute atomic E-state index is 12.7. The molecule has 1 heterocycles. The number of aliphatic carboxylic acids is 1. The van der Waals surface area contributed by atoms with Crippen molar-refractivity contribution in [2.75, 3.05) is 20.2 Å². The summed E-state index contributed by atoms with van der Waals surface area (Å²) in [6, 6.07) is 7.03. The van der Waals surface area contributed by atoms with Crippen LogP contribution >= 0.6 is 0 Å². The highest BCUT2D eigenvalue weighted by molar-refractivity contribution is 5.81. The Balaban J connectivity index is 1.70. The predicted molar refractivity (Wildman–Crippen MR) is 96.3 cm³/mol. The van der Waals surface area contributed by atoms with E-state index in [1.807, 2.05) is 0 Å². The molecule has 0 bridgehead atoms. The lowest BCUT2D eigenvalue weighted by Gasteiger charge is -2.40. The molecule has 2 aliphatic rings. The number of methoxy groups -OCH3 is 1. The van der Waals surface area contributed by atoms with Gasteiger partial charge in [0, 0.05) is 31.8 Å². The summed E-state index contributed by atoms with van der Waals surface area (Å²) >= 11 is 0. The minimum Gasteiger partial charge on any atom is -0.493 e. The topological polar surface area (TPSA) is 76.1 Å². The maximum atomic E-state index is 12.7. The number of carbonyl (C=O) groups is 2. The molecule has 26 heavy (non-hydrogen) atoms. The quantitative estimate of drug-likeness (QED) is 0.818. The van der Waals surface area contributed by atoms with Gasteiger partial charge in [-0.3, -0.25) is 4.79 Å². The second-order valence-corrected chi connectivity index (χ2v) is 6.86. The van der Waals surface area contributed by atoms with Gasteiger partial charge in [-0.15, -0.1) is 0 Å². The number of rotatable bonds is 5. The Labute approximate surface area is 153 Å². The molecule has 1 fully saturated rings. The number of benzene rings is 1. The normalized spacial score (nSPS) is 21.9. The monoisotopic (exact) mass is 359 g/mol. The number of hydrogen-bond donors (Lipinski definition) is 1. The summed E-state index contributed by atoms with van der Waals surface area (Å²) in [5.74, 6) is 0.0596. The van der Waals surface area contributed by atoms with E-state index in [1.54, 1.807) is 29.2 Å². The van der Waals surface area contributed by atoms with Crippen LogP contribution in [0.1, 0.15) is 32.1 Å². The zero-order valence-corrected chi connectivity index (χ0v) is 15.0. The molecule has 0 radical (unpaired) electrons. The van der Waals surface area contributed by atoms with E-state index < -0.39 is 11.6 Å². The van der Waals surface area contributed by atoms with Gasteiger partial charge in [0.1, 0.15) is 0 Å². The molecule has 1 aliphatic heterocycles. The molecule has 0 aromatic heterocycles. The van der Waals surface area contributed by atoms with Gasteiger partial charge in [-0.2, -0.15) is 0 Å². The van der Waals surface area contributed by atoms with Crippen LogP contribution in [0.5, 0.6) is 11.5 Å². The summed E-state index contributed by atoms with van der Waals surface area (Å²) in [4.78, 5) is 26.4. The van der Waals surface area contributed by atoms with Crippen molar-refractivity contribution >= 4 is 11.9 Å². The first-order chi connectivity index (χ1) is 12.6. The molecule has 1 atom stereocenters. The van der Waals surface area contributed by atoms with Crippen molar-refractivity contribution in [2.24, 2.45) is 5.92 Å². The number of hydrogen-bond acceptors (Lipinski definition) is 4. The average Bonchev–Trinajstić information content (AvgIpc) is 2.69. The van der Waals surface area contributed by atoms with Crippen LogP contribution in [0, 0.1) is 5.92 Å². The van der Waals surface area contributed by atoms with Crippen LogP contribution in [0.2, 0.25) is 0 Å². The Morgan fingerprint density at radius 2 is 1.85 bits per heavy atom. The number of para-hydroxylation sites is 2. The van der Waals surface area contributed by atoms with Crippen molar-refractivity contribution in [3.05, 3.63) is 36.4 Å². The lowest BCUT2D eigenvalue weighted by atomic mass is 9.88. The van der Waals surface area contributed by atoms with E-state index in [9.17, 15) is 14.7 Å². The number of carboxylic acids is 1. The van der Waals surface area contributed by atoms with Crippen LogP contribution in [-0.2, 0) is 9.59 Å². The Morgan fingerprint density at radius 1 is 1.15 bits per heavy atom. The van der Waals surface area contributed by atoms with E-state index in [2.05, 4.69) is 12.2 Å². The van der Waals surface area contributed by atoms with E-state index in [1.165, 1.54) is 7.11 Å². The van der Waals surface area contributed by atoms with Crippen molar-refractivity contribution in [1.29, 1.82) is 0 Å². The molecular weight excluding hydrogens is 334 g/mol. The predicted octanol–water partition coefficient (Wildman–Crippen LogP) is 2.88. The van der Waals surface area contributed by atoms with E-state index in [-0.39, 0.29) is 24.7 Å². The van der Waals surface area contributed by atoms with Gasteiger partial charge >= 0.3 is 5.97 Å². The van der Waals surface area contributed by atoms with Gasteiger partial charge in [-0.25, -0.2) is 4.79 Å². The molecule has 140 valence electrons. The number of carbonyl (C=O) groups excluding carboxylic acids is 1. The second kappa shape index (κ2) is 7.81. The van der Waals surface area contributed by atoms with Gasteiger partial charge in [0.2, 0.25) is 11.5 Å². The van der Waals surface area contributed by atoms with E-state index in [0.717, 1.165) is 19.3 Å². The molecule has 1 aliphatic carbocycles. The van der Waals surface area contributed by atoms with Crippen LogP contribution in [0.3, 0.4) is 0 Å². The van der Waals surface area contributed by atoms with Crippen molar-refractivity contribution in [3.63, 3.8) is 0 Å². The first-order valence-corrected chi connectivity index (χ1v) is 9.05. The SMILES string of the molecule is COc1ccccc1OC1(C(=O)O)CCN(C(=O)[C@@H]2CC=CCC2)CC1. The standard InChI is InChI=1S/C20H25NO5/c1-25-16-9-5-6-10-17(16)26-20(19(23)24)11-13-21(14-12-20)18(22)15-7-3-2-4-8-15/h2-3,5-6,9-10,15H,4,7-8,11-14H2,1H3,(H,23,24)/t15-/m1/s1. The minimum absolute atomic E-state index is 0.0208. The Hall–Kier alpha value is -2.50. The second-order valence-electron chi connectivity index (χ2n) is 6.86. The van der Waals surface area contributed by atoms with Crippen LogP contribution in [-0.4, -0.2) is 47.7 Å². The lowest BCUT2D eigenvalue weighted by Crippen LogP contribution is -2.55. The zero-order valence-electron chi connectivity index (χ0n) is 15.0. The molecule has 0 saturated carbocycles. The van der Waals surface area contributed by atoms with Gasteiger partial charge in [-0.05, 0) is 31.4 Å². The third-order valence-corrected chi connectivity index (χ3v) is 5.27. The number of amides is 1. The molecule has 0 spiro atoms. The molecule has 1 amide bonds. The molecule has 0 unspecified atom stereocenters. The van der Waals surface area contributed by atoms with Gasteiger partial charge in [0.05, 0.1) is 7.11 Å². The summed E-state index contributed by atoms with van der Waals surface area (Å²) in [6.45, 7) is 0.779. The highest BCUT2D eigenvalue weighted by atomic mass is 16.5. The van der Waals surface area contributed by atoms with Crippen LogP contribution in [0.25, 0.3) is 0 Å². The van der Waals surface area contributed by atoms with E-state index >= 15 is 0 Å². The maximum Gasteiger partial charge on any atom is 0.348 e. The molecule has 3 rings (SSSR count). The molecule has 1 N–H and O–H groups in total. The summed E-state index contributed by atoms with van der Waals surface area (Å²) in [6.07, 6.45) is 7.26. The first kappa shape index (κ1) is 18.3. The van der Waals surface area contributed by atoms with Crippen molar-refractivity contribution in [3.8, 4) is 11.5 Å². The summed E-state index contributed by atoms with van der Waals surface area (Å²) in [5.41, 5.74) is -1.34. The van der Waals surface area contributed by atoms with E-state index in [4.69, 9.17) is 9.47 Å². The van der Waals surface area contributed by atoms with Crippen molar-refractivity contribution < 1.29 is 24.2 Å². The Morgan fingerprint density at radius 3 is 2.42 bits per heavy atom. The fraction of sp³-hybridized carbons (Fsp3) is 0.500. The number of nitrogens with zero attached hydrogens (tertiary/aromatic N) is 1. The number of likely N-dealkylation sites (tertiary alicyclic amines) is 1. The fourth-order valence-electron chi connectivity index (χ4n) is 3.64. The molecule has 1 aromatic carbocycles. The number of piperidine rings is 1. The highest BCUT2D eigenvalue weighted by Crippen LogP contribution is 2.35. The third kappa shape index (κ3) is 3.69. The van der Waals surface area contributed by atoms with Gasteiger partial charge in [0.15, 0.2) is 11.5 Å². The summed E-state index contributed by atoms with van der Waals surface area (Å²) in [7, 11) is 1.52. The molecule has 1 aromatic rings. The van der Waals surface area contributed by atoms with E-state index in [0.29, 0.717) is 24.6 Å².